The molecule has 0 saturated carbocycles. The van der Waals surface area contributed by atoms with Gasteiger partial charge in [-0.1, -0.05) is 11.6 Å². The van der Waals surface area contributed by atoms with Gasteiger partial charge in [-0.3, -0.25) is 0 Å². The van der Waals surface area contributed by atoms with Crippen LogP contribution in [0.4, 0.5) is 35.1 Å². The fraction of sp³-hybridized carbons (Fsp3) is 0.375. The molecule has 1 heterocycles. The van der Waals surface area contributed by atoms with Gasteiger partial charge in [0.25, 0.3) is 6.43 Å². The van der Waals surface area contributed by atoms with Crippen molar-refractivity contribution in [2.75, 3.05) is 0 Å². The molecule has 0 aliphatic rings. The second-order valence-corrected chi connectivity index (χ2v) is 3.44. The topological polar surface area (TPSA) is 22.1 Å². The minimum atomic E-state index is -5.48. The highest BCUT2D eigenvalue weighted by atomic mass is 35.5. The molecule has 1 rings (SSSR count). The second-order valence-electron chi connectivity index (χ2n) is 3.06. The fourth-order valence-corrected chi connectivity index (χ4v) is 1.32. The maximum Gasteiger partial charge on any atom is 0.574 e. The summed E-state index contributed by atoms with van der Waals surface area (Å²) in [4.78, 5) is 2.70. The van der Waals surface area contributed by atoms with Crippen LogP contribution in [0.3, 0.4) is 0 Å². The van der Waals surface area contributed by atoms with E-state index in [2.05, 4.69) is 9.72 Å². The van der Waals surface area contributed by atoms with Gasteiger partial charge in [-0.05, 0) is 6.07 Å². The summed E-state index contributed by atoms with van der Waals surface area (Å²) >= 11 is 5.06. The van der Waals surface area contributed by atoms with Crippen LogP contribution in [0.2, 0.25) is 5.15 Å². The molecule has 0 aliphatic heterocycles. The average molecular weight is 316 g/mol. The van der Waals surface area contributed by atoms with Gasteiger partial charge in [0.05, 0.1) is 11.1 Å². The lowest BCUT2D eigenvalue weighted by Gasteiger charge is -2.17. The zero-order valence-corrected chi connectivity index (χ0v) is 9.17. The Morgan fingerprint density at radius 3 is 2.00 bits per heavy atom. The van der Waals surface area contributed by atoms with E-state index in [-0.39, 0.29) is 6.07 Å². The van der Waals surface area contributed by atoms with Crippen LogP contribution in [0.15, 0.2) is 6.07 Å². The molecule has 11 heteroatoms. The van der Waals surface area contributed by atoms with Gasteiger partial charge in [0.15, 0.2) is 0 Å². The number of halogens is 9. The predicted molar refractivity (Wildman–Crippen MR) is 45.9 cm³/mol. The van der Waals surface area contributed by atoms with E-state index in [1.54, 1.807) is 0 Å². The van der Waals surface area contributed by atoms with Crippen LogP contribution in [0.1, 0.15) is 17.6 Å². The summed E-state index contributed by atoms with van der Waals surface area (Å²) in [6.45, 7) is 0. The number of rotatable bonds is 2. The highest BCUT2D eigenvalue weighted by Crippen LogP contribution is 2.42. The van der Waals surface area contributed by atoms with E-state index in [0.29, 0.717) is 0 Å². The number of hydrogen-bond acceptors (Lipinski definition) is 2. The van der Waals surface area contributed by atoms with Crippen molar-refractivity contribution in [3.63, 3.8) is 0 Å². The molecular formula is C8H2ClF8NO. The fourth-order valence-electron chi connectivity index (χ4n) is 1.13. The van der Waals surface area contributed by atoms with Crippen molar-refractivity contribution in [1.29, 1.82) is 0 Å². The third-order valence-corrected chi connectivity index (χ3v) is 1.92. The maximum atomic E-state index is 12.5. The Morgan fingerprint density at radius 1 is 1.11 bits per heavy atom. The molecule has 19 heavy (non-hydrogen) atoms. The third-order valence-electron chi connectivity index (χ3n) is 1.73. The molecule has 0 amide bonds. The molecule has 0 unspecified atom stereocenters. The van der Waals surface area contributed by atoms with Crippen LogP contribution in [-0.2, 0) is 6.18 Å². The lowest BCUT2D eigenvalue weighted by molar-refractivity contribution is -0.277. The van der Waals surface area contributed by atoms with Gasteiger partial charge in [0.2, 0.25) is 5.88 Å². The summed E-state index contributed by atoms with van der Waals surface area (Å²) in [6.07, 6.45) is -14.7. The molecule has 0 atom stereocenters. The van der Waals surface area contributed by atoms with Crippen LogP contribution >= 0.6 is 11.6 Å². The number of alkyl halides is 8. The predicted octanol–water partition coefficient (Wildman–Crippen LogP) is 4.59. The highest BCUT2D eigenvalue weighted by Gasteiger charge is 2.41. The second kappa shape index (κ2) is 4.99. The van der Waals surface area contributed by atoms with Crippen molar-refractivity contribution < 1.29 is 39.9 Å². The molecule has 0 bridgehead atoms. The summed E-state index contributed by atoms with van der Waals surface area (Å²) in [5, 5.41) is -1.06. The van der Waals surface area contributed by atoms with E-state index in [1.165, 1.54) is 0 Å². The maximum absolute atomic E-state index is 12.5. The van der Waals surface area contributed by atoms with E-state index in [4.69, 9.17) is 11.6 Å². The Bertz CT molecular complexity index is 469. The van der Waals surface area contributed by atoms with Crippen molar-refractivity contribution in [3.05, 3.63) is 22.3 Å². The van der Waals surface area contributed by atoms with Crippen LogP contribution in [0, 0.1) is 0 Å². The molecule has 0 radical (unpaired) electrons. The van der Waals surface area contributed by atoms with Crippen LogP contribution in [-0.4, -0.2) is 11.3 Å². The Balaban J connectivity index is 3.50. The van der Waals surface area contributed by atoms with Gasteiger partial charge in [-0.2, -0.15) is 13.2 Å². The minimum Gasteiger partial charge on any atom is -0.387 e. The van der Waals surface area contributed by atoms with Gasteiger partial charge in [0, 0.05) is 0 Å². The van der Waals surface area contributed by atoms with Gasteiger partial charge in [-0.15, -0.1) is 13.2 Å². The van der Waals surface area contributed by atoms with Crippen LogP contribution in [0.25, 0.3) is 0 Å². The smallest absolute Gasteiger partial charge is 0.387 e. The number of ether oxygens (including phenoxy) is 1. The normalized spacial score (nSPS) is 12.9. The SMILES string of the molecule is FC(F)c1c(C(F)(F)F)cc(Cl)nc1OC(F)(F)F. The molecule has 0 saturated heterocycles. The van der Waals surface area contributed by atoms with Crippen molar-refractivity contribution in [3.8, 4) is 5.88 Å². The highest BCUT2D eigenvalue weighted by molar-refractivity contribution is 6.29. The van der Waals surface area contributed by atoms with Crippen molar-refractivity contribution in [2.24, 2.45) is 0 Å². The standard InChI is InChI=1S/C8H2ClF8NO/c9-3-1-2(7(12,13)14)4(5(10)11)6(18-3)19-8(15,16)17/h1,5H. The first-order chi connectivity index (χ1) is 8.42. The molecule has 0 spiro atoms. The zero-order valence-electron chi connectivity index (χ0n) is 8.41. The zero-order chi connectivity index (χ0) is 15.0. The number of hydrogen-bond donors (Lipinski definition) is 0. The van der Waals surface area contributed by atoms with Gasteiger partial charge in [0.1, 0.15) is 5.15 Å². The molecule has 1 aromatic rings. The minimum absolute atomic E-state index is 0.00766. The Kier molecular flexibility index (Phi) is 4.13. The molecule has 0 fully saturated rings. The molecule has 0 aliphatic carbocycles. The summed E-state index contributed by atoms with van der Waals surface area (Å²) in [5.41, 5.74) is -4.06. The Hall–Kier alpha value is -1.32. The lowest BCUT2D eigenvalue weighted by atomic mass is 10.1. The molecule has 0 N–H and O–H groups in total. The Labute approximate surface area is 104 Å². The van der Waals surface area contributed by atoms with Gasteiger partial charge >= 0.3 is 12.5 Å². The molecule has 2 nitrogen and oxygen atoms in total. The Morgan fingerprint density at radius 2 is 1.63 bits per heavy atom. The van der Waals surface area contributed by atoms with E-state index in [0.717, 1.165) is 0 Å². The number of aromatic nitrogens is 1. The van der Waals surface area contributed by atoms with E-state index < -0.39 is 41.1 Å². The summed E-state index contributed by atoms with van der Waals surface area (Å²) in [5.74, 6) is -1.93. The lowest BCUT2D eigenvalue weighted by Crippen LogP contribution is -2.21. The summed E-state index contributed by atoms with van der Waals surface area (Å²) < 4.78 is 101. The van der Waals surface area contributed by atoms with E-state index in [9.17, 15) is 35.1 Å². The van der Waals surface area contributed by atoms with Gasteiger partial charge < -0.3 is 4.74 Å². The molecule has 1 aromatic heterocycles. The molecule has 108 valence electrons. The largest absolute Gasteiger partial charge is 0.574 e. The third kappa shape index (κ3) is 4.08. The number of nitrogens with zero attached hydrogens (tertiary/aromatic N) is 1. The number of pyridine rings is 1. The van der Waals surface area contributed by atoms with Crippen LogP contribution < -0.4 is 4.74 Å². The monoisotopic (exact) mass is 315 g/mol. The molecule has 0 aromatic carbocycles. The summed E-state index contributed by atoms with van der Waals surface area (Å²) in [6, 6.07) is -0.00766. The van der Waals surface area contributed by atoms with Crippen molar-refractivity contribution in [2.45, 2.75) is 19.0 Å². The van der Waals surface area contributed by atoms with Gasteiger partial charge in [-0.25, -0.2) is 13.8 Å². The molecular weight excluding hydrogens is 314 g/mol. The quantitative estimate of drug-likeness (QED) is 0.588. The van der Waals surface area contributed by atoms with Crippen molar-refractivity contribution >= 4 is 11.6 Å². The van der Waals surface area contributed by atoms with Crippen LogP contribution in [0.5, 0.6) is 5.88 Å². The average Bonchev–Trinajstić information content (AvgIpc) is 2.11. The summed E-state index contributed by atoms with van der Waals surface area (Å²) in [7, 11) is 0. The van der Waals surface area contributed by atoms with E-state index in [1.807, 2.05) is 0 Å². The van der Waals surface area contributed by atoms with Crippen molar-refractivity contribution in [1.82, 2.24) is 4.98 Å². The first kappa shape index (κ1) is 15.7. The first-order valence-electron chi connectivity index (χ1n) is 4.23. The first-order valence-corrected chi connectivity index (χ1v) is 4.61. The van der Waals surface area contributed by atoms with E-state index >= 15 is 0 Å².